The normalized spacial score (nSPS) is 27.5. The number of benzene rings is 2. The zero-order chi connectivity index (χ0) is 21.7. The molecule has 2 aromatic carbocycles. The van der Waals surface area contributed by atoms with Crippen LogP contribution in [0.25, 0.3) is 0 Å². The fourth-order valence-corrected chi connectivity index (χ4v) is 5.95. The first kappa shape index (κ1) is 20.3. The molecule has 2 aromatic rings. The van der Waals surface area contributed by atoms with Crippen LogP contribution < -0.4 is 5.32 Å². The minimum Gasteiger partial charge on any atom is -0.324 e. The summed E-state index contributed by atoms with van der Waals surface area (Å²) in [5.74, 6) is -0.615. The smallest absolute Gasteiger partial charge is 0.248 e. The summed E-state index contributed by atoms with van der Waals surface area (Å²) < 4.78 is 0. The minimum absolute atomic E-state index is 0.166. The van der Waals surface area contributed by atoms with E-state index in [-0.39, 0.29) is 41.4 Å². The number of halogens is 1. The van der Waals surface area contributed by atoms with Gasteiger partial charge in [-0.05, 0) is 61.3 Å². The van der Waals surface area contributed by atoms with Crippen molar-refractivity contribution in [3.05, 3.63) is 64.7 Å². The van der Waals surface area contributed by atoms with Gasteiger partial charge in [0.2, 0.25) is 17.7 Å². The molecule has 0 aromatic heterocycles. The van der Waals surface area contributed by atoms with Gasteiger partial charge in [0.1, 0.15) is 6.04 Å². The minimum atomic E-state index is -0.882. The first-order valence-electron chi connectivity index (χ1n) is 10.9. The van der Waals surface area contributed by atoms with E-state index in [1.807, 2.05) is 43.3 Å². The Bertz CT molecular complexity index is 1030. The lowest BCUT2D eigenvalue weighted by atomic mass is 9.81. The molecule has 3 fully saturated rings. The maximum atomic E-state index is 13.4. The molecule has 3 aliphatic rings. The molecular formula is C25H25ClN2O3. The van der Waals surface area contributed by atoms with Crippen molar-refractivity contribution in [2.75, 3.05) is 5.32 Å². The van der Waals surface area contributed by atoms with Crippen LogP contribution in [-0.2, 0) is 20.8 Å². The zero-order valence-corrected chi connectivity index (χ0v) is 18.1. The Balaban J connectivity index is 1.45. The Kier molecular flexibility index (Phi) is 5.09. The number of anilines is 1. The van der Waals surface area contributed by atoms with E-state index in [0.717, 1.165) is 30.4 Å². The van der Waals surface area contributed by atoms with Crippen molar-refractivity contribution in [3.8, 4) is 0 Å². The summed E-state index contributed by atoms with van der Waals surface area (Å²) in [5.41, 5.74) is 2.37. The van der Waals surface area contributed by atoms with E-state index < -0.39 is 6.04 Å². The number of amides is 3. The molecule has 1 aliphatic heterocycles. The van der Waals surface area contributed by atoms with Crippen LogP contribution in [0.4, 0.5) is 5.69 Å². The summed E-state index contributed by atoms with van der Waals surface area (Å²) in [5, 5.41) is 3.44. The van der Waals surface area contributed by atoms with Crippen LogP contribution in [0.3, 0.4) is 0 Å². The van der Waals surface area contributed by atoms with E-state index in [1.165, 1.54) is 4.90 Å². The predicted molar refractivity (Wildman–Crippen MR) is 118 cm³/mol. The fourth-order valence-electron chi connectivity index (χ4n) is 5.77. The first-order valence-corrected chi connectivity index (χ1v) is 11.3. The number of nitrogens with one attached hydrogen (secondary N) is 1. The third-order valence-electron chi connectivity index (χ3n) is 7.29. The molecule has 160 valence electrons. The van der Waals surface area contributed by atoms with Crippen molar-refractivity contribution in [1.82, 2.24) is 4.90 Å². The molecule has 5 atom stereocenters. The molecule has 2 aliphatic carbocycles. The van der Waals surface area contributed by atoms with Crippen LogP contribution >= 0.6 is 11.6 Å². The number of nitrogens with zero attached hydrogens (tertiary/aromatic N) is 1. The van der Waals surface area contributed by atoms with Crippen molar-refractivity contribution >= 4 is 35.0 Å². The summed E-state index contributed by atoms with van der Waals surface area (Å²) in [4.78, 5) is 41.4. The molecule has 3 amide bonds. The van der Waals surface area contributed by atoms with Crippen LogP contribution in [0, 0.1) is 30.6 Å². The molecule has 0 spiro atoms. The van der Waals surface area contributed by atoms with Crippen LogP contribution in [0.15, 0.2) is 48.5 Å². The molecule has 1 heterocycles. The van der Waals surface area contributed by atoms with Gasteiger partial charge in [0.25, 0.3) is 0 Å². The number of imide groups is 1. The maximum Gasteiger partial charge on any atom is 0.248 e. The summed E-state index contributed by atoms with van der Waals surface area (Å²) >= 11 is 6.21. The molecule has 6 heteroatoms. The Morgan fingerprint density at radius 2 is 1.71 bits per heavy atom. The lowest BCUT2D eigenvalue weighted by molar-refractivity contribution is -0.147. The Morgan fingerprint density at radius 3 is 2.32 bits per heavy atom. The Morgan fingerprint density at radius 1 is 1.06 bits per heavy atom. The van der Waals surface area contributed by atoms with Gasteiger partial charge in [-0.1, -0.05) is 48.0 Å². The standard InChI is InChI=1S/C25H25ClN2O3/c1-14-7-10-18(13-19(14)26)27-23(29)20(11-15-5-3-2-4-6-15)28-24(30)21-16-8-9-17(12-16)22(21)25(28)31/h2-7,10,13,16-17,20-22H,8-9,11-12H2,1H3,(H,27,29)/t16-,17-,20+,21-,22+/m0/s1. The molecule has 0 unspecified atom stereocenters. The molecule has 1 saturated heterocycles. The van der Waals surface area contributed by atoms with E-state index >= 15 is 0 Å². The van der Waals surface area contributed by atoms with Gasteiger partial charge in [0.15, 0.2) is 0 Å². The van der Waals surface area contributed by atoms with Gasteiger partial charge < -0.3 is 5.32 Å². The lowest BCUT2D eigenvalue weighted by Gasteiger charge is -2.27. The first-order chi connectivity index (χ1) is 14.9. The van der Waals surface area contributed by atoms with Crippen molar-refractivity contribution in [2.24, 2.45) is 23.7 Å². The fraction of sp³-hybridized carbons (Fsp3) is 0.400. The second-order valence-electron chi connectivity index (χ2n) is 9.09. The second kappa shape index (κ2) is 7.79. The van der Waals surface area contributed by atoms with Crippen molar-refractivity contribution in [3.63, 3.8) is 0 Å². The largest absolute Gasteiger partial charge is 0.324 e. The predicted octanol–water partition coefficient (Wildman–Crippen LogP) is 4.23. The summed E-state index contributed by atoms with van der Waals surface area (Å²) in [6.07, 6.45) is 3.28. The van der Waals surface area contributed by atoms with Crippen molar-refractivity contribution in [2.45, 2.75) is 38.6 Å². The number of hydrogen-bond donors (Lipinski definition) is 1. The van der Waals surface area contributed by atoms with Crippen LogP contribution in [0.5, 0.6) is 0 Å². The average Bonchev–Trinajstić information content (AvgIpc) is 3.44. The van der Waals surface area contributed by atoms with Crippen LogP contribution in [-0.4, -0.2) is 28.7 Å². The zero-order valence-electron chi connectivity index (χ0n) is 17.4. The van der Waals surface area contributed by atoms with Gasteiger partial charge >= 0.3 is 0 Å². The van der Waals surface area contributed by atoms with Gasteiger partial charge in [-0.2, -0.15) is 0 Å². The second-order valence-corrected chi connectivity index (χ2v) is 9.50. The summed E-state index contributed by atoms with van der Waals surface area (Å²) in [6.45, 7) is 1.89. The van der Waals surface area contributed by atoms with Crippen LogP contribution in [0.2, 0.25) is 5.02 Å². The van der Waals surface area contributed by atoms with Crippen LogP contribution in [0.1, 0.15) is 30.4 Å². The number of aryl methyl sites for hydroxylation is 1. The third kappa shape index (κ3) is 3.45. The Hall–Kier alpha value is -2.66. The number of likely N-dealkylation sites (tertiary alicyclic amines) is 1. The molecule has 0 radical (unpaired) electrons. The molecule has 5 rings (SSSR count). The van der Waals surface area contributed by atoms with Gasteiger partial charge in [-0.15, -0.1) is 0 Å². The molecule has 2 saturated carbocycles. The molecule has 5 nitrogen and oxygen atoms in total. The maximum absolute atomic E-state index is 13.4. The van der Waals surface area contributed by atoms with Crippen molar-refractivity contribution in [1.29, 1.82) is 0 Å². The highest BCUT2D eigenvalue weighted by Crippen LogP contribution is 2.56. The molecule has 31 heavy (non-hydrogen) atoms. The monoisotopic (exact) mass is 436 g/mol. The molecule has 1 N–H and O–H groups in total. The third-order valence-corrected chi connectivity index (χ3v) is 7.69. The lowest BCUT2D eigenvalue weighted by Crippen LogP contribution is -2.49. The van der Waals surface area contributed by atoms with E-state index in [4.69, 9.17) is 11.6 Å². The van der Waals surface area contributed by atoms with Gasteiger partial charge in [-0.3, -0.25) is 19.3 Å². The van der Waals surface area contributed by atoms with Gasteiger partial charge in [-0.25, -0.2) is 0 Å². The number of hydrogen-bond acceptors (Lipinski definition) is 3. The summed E-state index contributed by atoms with van der Waals surface area (Å²) in [7, 11) is 0. The SMILES string of the molecule is Cc1ccc(NC(=O)[C@@H](Cc2ccccc2)N2C(=O)[C@@H]3[C@H]4CC[C@@H](C4)[C@@H]3C2=O)cc1Cl. The van der Waals surface area contributed by atoms with Gasteiger partial charge in [0, 0.05) is 17.1 Å². The molecular weight excluding hydrogens is 412 g/mol. The van der Waals surface area contributed by atoms with E-state index in [2.05, 4.69) is 5.32 Å². The highest BCUT2D eigenvalue weighted by molar-refractivity contribution is 6.31. The Labute approximate surface area is 186 Å². The van der Waals surface area contributed by atoms with E-state index in [1.54, 1.807) is 12.1 Å². The van der Waals surface area contributed by atoms with E-state index in [9.17, 15) is 14.4 Å². The highest BCUT2D eigenvalue weighted by Gasteiger charge is 2.62. The number of carbonyl (C=O) groups excluding carboxylic acids is 3. The topological polar surface area (TPSA) is 66.5 Å². The molecule has 2 bridgehead atoms. The van der Waals surface area contributed by atoms with Gasteiger partial charge in [0.05, 0.1) is 11.8 Å². The number of carbonyl (C=O) groups is 3. The highest BCUT2D eigenvalue weighted by atomic mass is 35.5. The van der Waals surface area contributed by atoms with E-state index in [0.29, 0.717) is 17.1 Å². The quantitative estimate of drug-likeness (QED) is 0.713. The average molecular weight is 437 g/mol. The number of rotatable bonds is 5. The van der Waals surface area contributed by atoms with Crippen molar-refractivity contribution < 1.29 is 14.4 Å². The number of fused-ring (bicyclic) bond motifs is 5. The summed E-state index contributed by atoms with van der Waals surface area (Å²) in [6, 6.07) is 13.9.